The summed E-state index contributed by atoms with van der Waals surface area (Å²) in [5.41, 5.74) is 0.958. The lowest BCUT2D eigenvalue weighted by molar-refractivity contribution is 0.197. The van der Waals surface area contributed by atoms with E-state index in [4.69, 9.17) is 0 Å². The second kappa shape index (κ2) is 6.62. The summed E-state index contributed by atoms with van der Waals surface area (Å²) in [5.74, 6) is 1.44. The van der Waals surface area contributed by atoms with Crippen LogP contribution >= 0.6 is 0 Å². The van der Waals surface area contributed by atoms with Crippen LogP contribution in [0.4, 0.5) is 0 Å². The third-order valence-electron chi connectivity index (χ3n) is 4.23. The lowest BCUT2D eigenvalue weighted by Gasteiger charge is -2.26. The molecule has 0 radical (unpaired) electrons. The van der Waals surface area contributed by atoms with Crippen molar-refractivity contribution in [2.24, 2.45) is 0 Å². The van der Waals surface area contributed by atoms with E-state index in [1.54, 1.807) is 0 Å². The van der Waals surface area contributed by atoms with Gasteiger partial charge in [0.05, 0.1) is 12.3 Å². The molecule has 2 N–H and O–H groups in total. The van der Waals surface area contributed by atoms with Crippen molar-refractivity contribution >= 4 is 10.0 Å². The molecule has 0 aliphatic carbocycles. The van der Waals surface area contributed by atoms with Crippen LogP contribution in [0, 0.1) is 0 Å². The Morgan fingerprint density at radius 2 is 2.00 bits per heavy atom. The lowest BCUT2D eigenvalue weighted by atomic mass is 10.1. The average molecular weight is 349 g/mol. The summed E-state index contributed by atoms with van der Waals surface area (Å²) in [4.78, 5) is 6.89. The number of nitrogens with one attached hydrogen (secondary N) is 2. The number of H-pyrrole nitrogens is 1. The average Bonchev–Trinajstić information content (AvgIpc) is 3.13. The second-order valence-corrected chi connectivity index (χ2v) is 8.32. The molecule has 0 bridgehead atoms. The molecule has 1 aliphatic rings. The van der Waals surface area contributed by atoms with Crippen molar-refractivity contribution < 1.29 is 8.42 Å². The van der Waals surface area contributed by atoms with Crippen molar-refractivity contribution in [1.82, 2.24) is 24.8 Å². The molecule has 0 spiro atoms. The molecule has 130 valence electrons. The maximum absolute atomic E-state index is 11.5. The highest BCUT2D eigenvalue weighted by molar-refractivity contribution is 7.88. The minimum Gasteiger partial charge on any atom is -0.289 e. The molecule has 8 heteroatoms. The van der Waals surface area contributed by atoms with Crippen molar-refractivity contribution in [3.8, 4) is 11.4 Å². The fraction of sp³-hybridized carbons (Fsp3) is 0.500. The fourth-order valence-corrected chi connectivity index (χ4v) is 4.00. The molecule has 3 rings (SSSR count). The Bertz CT molecular complexity index is 788. The van der Waals surface area contributed by atoms with Crippen LogP contribution in [0.3, 0.4) is 0 Å². The molecular formula is C16H23N5O2S. The van der Waals surface area contributed by atoms with Gasteiger partial charge in [-0.05, 0) is 20.3 Å². The number of aromatic amines is 1. The largest absolute Gasteiger partial charge is 0.289 e. The van der Waals surface area contributed by atoms with Crippen molar-refractivity contribution in [3.63, 3.8) is 0 Å². The molecule has 0 unspecified atom stereocenters. The van der Waals surface area contributed by atoms with Crippen LogP contribution in [0.2, 0.25) is 0 Å². The molecule has 24 heavy (non-hydrogen) atoms. The van der Waals surface area contributed by atoms with E-state index in [1.807, 2.05) is 30.3 Å². The molecule has 1 saturated heterocycles. The second-order valence-electron chi connectivity index (χ2n) is 6.54. The first-order valence-corrected chi connectivity index (χ1v) is 9.93. The van der Waals surface area contributed by atoms with E-state index in [2.05, 4.69) is 38.7 Å². The van der Waals surface area contributed by atoms with Gasteiger partial charge in [0.1, 0.15) is 5.82 Å². The molecule has 1 aliphatic heterocycles. The van der Waals surface area contributed by atoms with Gasteiger partial charge in [0.2, 0.25) is 10.0 Å². The van der Waals surface area contributed by atoms with Crippen LogP contribution in [0.25, 0.3) is 11.4 Å². The van der Waals surface area contributed by atoms with Gasteiger partial charge in [0.25, 0.3) is 0 Å². The van der Waals surface area contributed by atoms with Crippen molar-refractivity contribution in [1.29, 1.82) is 0 Å². The molecule has 1 aromatic carbocycles. The number of rotatable bonds is 5. The quantitative estimate of drug-likeness (QED) is 0.854. The summed E-state index contributed by atoms with van der Waals surface area (Å²) in [6.45, 7) is 4.87. The molecule has 2 aromatic rings. The maximum Gasteiger partial charge on any atom is 0.208 e. The highest BCUT2D eigenvalue weighted by Crippen LogP contribution is 2.32. The third-order valence-corrected chi connectivity index (χ3v) is 5.00. The number of nitrogens with zero attached hydrogens (tertiary/aromatic N) is 3. The van der Waals surface area contributed by atoms with Crippen LogP contribution in [0.1, 0.15) is 32.1 Å². The van der Waals surface area contributed by atoms with Crippen LogP contribution in [0.5, 0.6) is 0 Å². The van der Waals surface area contributed by atoms with E-state index >= 15 is 0 Å². The Labute approximate surface area is 142 Å². The lowest BCUT2D eigenvalue weighted by Crippen LogP contribution is -2.38. The Morgan fingerprint density at radius 1 is 1.29 bits per heavy atom. The van der Waals surface area contributed by atoms with Gasteiger partial charge >= 0.3 is 0 Å². The SMILES string of the molecule is CC(C)N1C[C@@H](NS(C)(=O)=O)C[C@H]1c1nc(-c2ccccc2)n[nH]1. The molecular weight excluding hydrogens is 326 g/mol. The Kier molecular flexibility index (Phi) is 4.71. The number of sulfonamides is 1. The first-order valence-electron chi connectivity index (χ1n) is 8.04. The van der Waals surface area contributed by atoms with Crippen molar-refractivity contribution in [2.45, 2.75) is 38.4 Å². The first kappa shape index (κ1) is 17.1. The van der Waals surface area contributed by atoms with Crippen molar-refractivity contribution in [2.75, 3.05) is 12.8 Å². The fourth-order valence-electron chi connectivity index (χ4n) is 3.23. The minimum atomic E-state index is -3.22. The molecule has 0 saturated carbocycles. The molecule has 2 heterocycles. The smallest absolute Gasteiger partial charge is 0.208 e. The first-order chi connectivity index (χ1) is 11.3. The summed E-state index contributed by atoms with van der Waals surface area (Å²) >= 11 is 0. The zero-order valence-electron chi connectivity index (χ0n) is 14.1. The Balaban J connectivity index is 1.83. The molecule has 1 fully saturated rings. The van der Waals surface area contributed by atoms with Gasteiger partial charge < -0.3 is 0 Å². The monoisotopic (exact) mass is 349 g/mol. The highest BCUT2D eigenvalue weighted by Gasteiger charge is 2.37. The number of likely N-dealkylation sites (tertiary alicyclic amines) is 1. The topological polar surface area (TPSA) is 91.0 Å². The predicted octanol–water partition coefficient (Wildman–Crippen LogP) is 1.54. The van der Waals surface area contributed by atoms with E-state index < -0.39 is 10.0 Å². The standard InChI is InChI=1S/C16H23N5O2S/c1-11(2)21-10-13(20-24(3,22)23)9-14(21)16-17-15(18-19-16)12-7-5-4-6-8-12/h4-8,11,13-14,20H,9-10H2,1-3H3,(H,17,18,19)/t13-,14-/m0/s1. The predicted molar refractivity (Wildman–Crippen MR) is 92.8 cm³/mol. The van der Waals surface area contributed by atoms with Gasteiger partial charge in [0.15, 0.2) is 5.82 Å². The van der Waals surface area contributed by atoms with E-state index in [-0.39, 0.29) is 18.1 Å². The highest BCUT2D eigenvalue weighted by atomic mass is 32.2. The summed E-state index contributed by atoms with van der Waals surface area (Å²) in [6, 6.07) is 9.99. The normalized spacial score (nSPS) is 22.3. The zero-order valence-corrected chi connectivity index (χ0v) is 14.9. The third kappa shape index (κ3) is 3.82. The van der Waals surface area contributed by atoms with Crippen LogP contribution in [-0.4, -0.2) is 53.4 Å². The van der Waals surface area contributed by atoms with Gasteiger partial charge in [-0.25, -0.2) is 18.1 Å². The van der Waals surface area contributed by atoms with Crippen LogP contribution < -0.4 is 4.72 Å². The van der Waals surface area contributed by atoms with Gasteiger partial charge in [-0.15, -0.1) is 0 Å². The van der Waals surface area contributed by atoms with Gasteiger partial charge in [0, 0.05) is 24.2 Å². The maximum atomic E-state index is 11.5. The minimum absolute atomic E-state index is 0.0224. The number of aromatic nitrogens is 3. The van der Waals surface area contributed by atoms with E-state index in [0.717, 1.165) is 11.4 Å². The number of hydrogen-bond acceptors (Lipinski definition) is 5. The summed E-state index contributed by atoms with van der Waals surface area (Å²) in [5, 5.41) is 7.36. The van der Waals surface area contributed by atoms with Gasteiger partial charge in [-0.2, -0.15) is 5.10 Å². The Morgan fingerprint density at radius 3 is 2.62 bits per heavy atom. The molecule has 0 amide bonds. The van der Waals surface area contributed by atoms with E-state index in [1.165, 1.54) is 6.26 Å². The number of hydrogen-bond donors (Lipinski definition) is 2. The van der Waals surface area contributed by atoms with Crippen molar-refractivity contribution in [3.05, 3.63) is 36.2 Å². The Hall–Kier alpha value is -1.77. The van der Waals surface area contributed by atoms with Gasteiger partial charge in [-0.1, -0.05) is 30.3 Å². The van der Waals surface area contributed by atoms with Crippen LogP contribution in [0.15, 0.2) is 30.3 Å². The summed E-state index contributed by atoms with van der Waals surface area (Å²) < 4.78 is 25.8. The molecule has 7 nitrogen and oxygen atoms in total. The number of benzene rings is 1. The van der Waals surface area contributed by atoms with E-state index in [9.17, 15) is 8.42 Å². The zero-order chi connectivity index (χ0) is 17.3. The van der Waals surface area contributed by atoms with E-state index in [0.29, 0.717) is 18.8 Å². The van der Waals surface area contributed by atoms with Gasteiger partial charge in [-0.3, -0.25) is 10.00 Å². The molecule has 2 atom stereocenters. The summed E-state index contributed by atoms with van der Waals surface area (Å²) in [6.07, 6.45) is 1.87. The molecule has 1 aromatic heterocycles. The summed E-state index contributed by atoms with van der Waals surface area (Å²) in [7, 11) is -3.22. The van der Waals surface area contributed by atoms with Crippen LogP contribution in [-0.2, 0) is 10.0 Å².